The molecule has 0 amide bonds. The van der Waals surface area contributed by atoms with Crippen molar-refractivity contribution in [2.45, 2.75) is 20.3 Å². The van der Waals surface area contributed by atoms with Gasteiger partial charge in [-0.15, -0.1) is 0 Å². The molecule has 27 heavy (non-hydrogen) atoms. The van der Waals surface area contributed by atoms with Crippen molar-refractivity contribution in [3.63, 3.8) is 0 Å². The molecule has 3 heteroatoms. The third-order valence-corrected chi connectivity index (χ3v) is 3.75. The fourth-order valence-corrected chi connectivity index (χ4v) is 2.58. The molecule has 1 aromatic heterocycles. The minimum Gasteiger partial charge on any atom is -0.256 e. The molecule has 1 nitrogen and oxygen atoms in total. The van der Waals surface area contributed by atoms with Crippen LogP contribution >= 0.6 is 0 Å². The highest BCUT2D eigenvalue weighted by atomic mass is 19.1. The third-order valence-electron chi connectivity index (χ3n) is 3.75. The second-order valence-electron chi connectivity index (χ2n) is 5.83. The molecule has 0 unspecified atom stereocenters. The number of allylic oxidation sites excluding steroid dienone is 1. The number of hydrogen-bond donors (Lipinski definition) is 0. The zero-order valence-corrected chi connectivity index (χ0v) is 16.3. The summed E-state index contributed by atoms with van der Waals surface area (Å²) in [6.07, 6.45) is 2.70. The normalized spacial score (nSPS) is 9.37. The summed E-state index contributed by atoms with van der Waals surface area (Å²) in [6.45, 7) is 7.56. The van der Waals surface area contributed by atoms with E-state index in [2.05, 4.69) is 67.0 Å². The number of alkyl halides is 2. The summed E-state index contributed by atoms with van der Waals surface area (Å²) in [7, 11) is 0.500. The SMILES string of the molecule is C=C(Cc1cccc(C)c1)c1ccc(-c2ccccn2)cc1.CCF.CF. The van der Waals surface area contributed by atoms with Gasteiger partial charge in [0.05, 0.1) is 19.5 Å². The van der Waals surface area contributed by atoms with E-state index < -0.39 is 0 Å². The van der Waals surface area contributed by atoms with Gasteiger partial charge in [0.15, 0.2) is 0 Å². The molecule has 0 aliphatic rings. The van der Waals surface area contributed by atoms with E-state index in [-0.39, 0.29) is 6.67 Å². The van der Waals surface area contributed by atoms with Crippen LogP contribution in [-0.2, 0) is 6.42 Å². The Labute approximate surface area is 161 Å². The first kappa shape index (κ1) is 22.2. The van der Waals surface area contributed by atoms with Crippen molar-refractivity contribution in [3.05, 3.63) is 96.2 Å². The number of pyridine rings is 1. The highest BCUT2D eigenvalue weighted by molar-refractivity contribution is 5.69. The average molecular weight is 367 g/mol. The lowest BCUT2D eigenvalue weighted by molar-refractivity contribution is 0.527. The quantitative estimate of drug-likeness (QED) is 0.490. The van der Waals surface area contributed by atoms with Crippen molar-refractivity contribution < 1.29 is 8.78 Å². The van der Waals surface area contributed by atoms with Gasteiger partial charge in [0.1, 0.15) is 0 Å². The maximum Gasteiger partial charge on any atom is 0.0866 e. The Morgan fingerprint density at radius 3 is 2.19 bits per heavy atom. The number of halogens is 2. The molecule has 0 spiro atoms. The number of rotatable bonds is 4. The maximum atomic E-state index is 10.3. The van der Waals surface area contributed by atoms with Gasteiger partial charge < -0.3 is 0 Å². The Morgan fingerprint density at radius 2 is 1.63 bits per heavy atom. The third kappa shape index (κ3) is 7.53. The highest BCUT2D eigenvalue weighted by Crippen LogP contribution is 2.22. The lowest BCUT2D eigenvalue weighted by Gasteiger charge is -2.08. The molecule has 0 saturated heterocycles. The molecule has 1 heterocycles. The summed E-state index contributed by atoms with van der Waals surface area (Å²) in [5.74, 6) is 0. The molecule has 142 valence electrons. The summed E-state index contributed by atoms with van der Waals surface area (Å²) in [5.41, 5.74) is 7.04. The molecule has 0 atom stereocenters. The van der Waals surface area contributed by atoms with E-state index in [1.807, 2.05) is 24.4 Å². The Balaban J connectivity index is 0.000000665. The molecule has 0 bridgehead atoms. The molecule has 0 aliphatic heterocycles. The maximum absolute atomic E-state index is 10.3. The van der Waals surface area contributed by atoms with Gasteiger partial charge in [0, 0.05) is 11.8 Å². The Hall–Kier alpha value is -2.81. The van der Waals surface area contributed by atoms with E-state index in [0.29, 0.717) is 7.18 Å². The van der Waals surface area contributed by atoms with Crippen LogP contribution in [0.2, 0.25) is 0 Å². The van der Waals surface area contributed by atoms with Crippen molar-refractivity contribution >= 4 is 5.57 Å². The Morgan fingerprint density at radius 1 is 0.963 bits per heavy atom. The molecule has 3 aromatic rings. The Kier molecular flexibility index (Phi) is 10.3. The fraction of sp³-hybridized carbons (Fsp3) is 0.208. The van der Waals surface area contributed by atoms with Gasteiger partial charge >= 0.3 is 0 Å². The topological polar surface area (TPSA) is 12.9 Å². The minimum atomic E-state index is -0.250. The monoisotopic (exact) mass is 367 g/mol. The van der Waals surface area contributed by atoms with Gasteiger partial charge in [-0.2, -0.15) is 0 Å². The van der Waals surface area contributed by atoms with E-state index in [0.717, 1.165) is 23.3 Å². The molecule has 0 radical (unpaired) electrons. The lowest BCUT2D eigenvalue weighted by atomic mass is 9.97. The van der Waals surface area contributed by atoms with Crippen LogP contribution < -0.4 is 0 Å². The van der Waals surface area contributed by atoms with E-state index in [1.165, 1.54) is 23.6 Å². The van der Waals surface area contributed by atoms with Gasteiger partial charge in [0.2, 0.25) is 0 Å². The van der Waals surface area contributed by atoms with Crippen molar-refractivity contribution in [2.24, 2.45) is 0 Å². The number of nitrogens with zero attached hydrogens (tertiary/aromatic N) is 1. The summed E-state index contributed by atoms with van der Waals surface area (Å²) in [5, 5.41) is 0. The molecule has 0 N–H and O–H groups in total. The zero-order valence-electron chi connectivity index (χ0n) is 16.3. The first-order valence-electron chi connectivity index (χ1n) is 8.83. The van der Waals surface area contributed by atoms with E-state index in [9.17, 15) is 8.78 Å². The molecule has 0 fully saturated rings. The number of aromatic nitrogens is 1. The average Bonchev–Trinajstić information content (AvgIpc) is 2.71. The molecular formula is C24H27F2N. The van der Waals surface area contributed by atoms with Crippen LogP contribution in [0, 0.1) is 6.92 Å². The molecular weight excluding hydrogens is 340 g/mol. The van der Waals surface area contributed by atoms with Gasteiger partial charge in [-0.3, -0.25) is 13.8 Å². The second-order valence-corrected chi connectivity index (χ2v) is 5.83. The first-order chi connectivity index (χ1) is 13.1. The van der Waals surface area contributed by atoms with Crippen molar-refractivity contribution in [1.29, 1.82) is 0 Å². The molecule has 0 saturated carbocycles. The van der Waals surface area contributed by atoms with Crippen LogP contribution in [0.15, 0.2) is 79.5 Å². The van der Waals surface area contributed by atoms with Crippen LogP contribution in [0.4, 0.5) is 8.78 Å². The van der Waals surface area contributed by atoms with Crippen LogP contribution in [0.5, 0.6) is 0 Å². The van der Waals surface area contributed by atoms with Gasteiger partial charge in [-0.25, -0.2) is 0 Å². The molecule has 0 aliphatic carbocycles. The van der Waals surface area contributed by atoms with Gasteiger partial charge in [-0.05, 0) is 49.1 Å². The van der Waals surface area contributed by atoms with Crippen molar-refractivity contribution in [2.75, 3.05) is 13.9 Å². The van der Waals surface area contributed by atoms with E-state index in [4.69, 9.17) is 0 Å². The van der Waals surface area contributed by atoms with E-state index in [1.54, 1.807) is 0 Å². The molecule has 3 rings (SSSR count). The first-order valence-corrected chi connectivity index (χ1v) is 8.83. The largest absolute Gasteiger partial charge is 0.256 e. The lowest BCUT2D eigenvalue weighted by Crippen LogP contribution is -1.91. The molecule has 2 aromatic carbocycles. The summed E-state index contributed by atoms with van der Waals surface area (Å²) < 4.78 is 19.8. The van der Waals surface area contributed by atoms with E-state index >= 15 is 0 Å². The summed E-state index contributed by atoms with van der Waals surface area (Å²) in [6, 6.07) is 23.0. The standard InChI is InChI=1S/C21H19N.C2H5F.CH3F/c1-16-6-5-7-18(14-16)15-17(2)19-9-11-20(12-10-19)21-8-3-4-13-22-21;1-2-3;1-2/h3-14H,2,15H2,1H3;2H2,1H3;1H3. The highest BCUT2D eigenvalue weighted by Gasteiger charge is 2.03. The van der Waals surface area contributed by atoms with Gasteiger partial charge in [0.25, 0.3) is 0 Å². The van der Waals surface area contributed by atoms with Crippen LogP contribution in [-0.4, -0.2) is 18.8 Å². The van der Waals surface area contributed by atoms with Crippen LogP contribution in [0.3, 0.4) is 0 Å². The fourth-order valence-electron chi connectivity index (χ4n) is 2.58. The Bertz CT molecular complexity index is 796. The van der Waals surface area contributed by atoms with Crippen LogP contribution in [0.1, 0.15) is 23.6 Å². The number of aryl methyl sites for hydroxylation is 1. The smallest absolute Gasteiger partial charge is 0.0866 e. The van der Waals surface area contributed by atoms with Crippen LogP contribution in [0.25, 0.3) is 16.8 Å². The van der Waals surface area contributed by atoms with Crippen molar-refractivity contribution in [1.82, 2.24) is 4.98 Å². The predicted molar refractivity (Wildman–Crippen MR) is 112 cm³/mol. The van der Waals surface area contributed by atoms with Gasteiger partial charge in [-0.1, -0.05) is 66.7 Å². The minimum absolute atomic E-state index is 0.250. The number of benzene rings is 2. The second kappa shape index (κ2) is 12.5. The summed E-state index contributed by atoms with van der Waals surface area (Å²) in [4.78, 5) is 4.38. The zero-order chi connectivity index (χ0) is 20.1. The predicted octanol–water partition coefficient (Wildman–Crippen LogP) is 6.87. The summed E-state index contributed by atoms with van der Waals surface area (Å²) >= 11 is 0. The van der Waals surface area contributed by atoms with Crippen molar-refractivity contribution in [3.8, 4) is 11.3 Å². The number of hydrogen-bond acceptors (Lipinski definition) is 1.